The van der Waals surface area contributed by atoms with Crippen LogP contribution in [0.3, 0.4) is 0 Å². The molecule has 0 radical (unpaired) electrons. The van der Waals surface area contributed by atoms with Gasteiger partial charge in [0.25, 0.3) is 0 Å². The maximum absolute atomic E-state index is 14.6. The summed E-state index contributed by atoms with van der Waals surface area (Å²) in [6.45, 7) is 1.49. The first-order chi connectivity index (χ1) is 12.3. The summed E-state index contributed by atoms with van der Waals surface area (Å²) < 4.78 is 34.3. The molecule has 8 heteroatoms. The van der Waals surface area contributed by atoms with Crippen LogP contribution in [0.1, 0.15) is 44.1 Å². The monoisotopic (exact) mass is 368 g/mol. The SMILES string of the molecule is CC(=O)NC[C@H]1CN(c2cc(F)c(C3CCC(O)CC3)cc2F)C(=O)O1. The van der Waals surface area contributed by atoms with E-state index in [0.717, 1.165) is 17.0 Å². The third-order valence-corrected chi connectivity index (χ3v) is 4.95. The molecule has 1 atom stereocenters. The molecule has 1 aromatic carbocycles. The first-order valence-electron chi connectivity index (χ1n) is 8.74. The van der Waals surface area contributed by atoms with Gasteiger partial charge in [-0.05, 0) is 43.2 Å². The number of hydrogen-bond acceptors (Lipinski definition) is 4. The average molecular weight is 368 g/mol. The minimum atomic E-state index is -0.771. The molecule has 2 aliphatic rings. The lowest BCUT2D eigenvalue weighted by molar-refractivity contribution is -0.119. The molecule has 1 aliphatic heterocycles. The van der Waals surface area contributed by atoms with Gasteiger partial charge in [0, 0.05) is 13.0 Å². The summed E-state index contributed by atoms with van der Waals surface area (Å²) in [5.41, 5.74) is 0.109. The van der Waals surface area contributed by atoms with Crippen LogP contribution in [0.15, 0.2) is 12.1 Å². The fourth-order valence-corrected chi connectivity index (χ4v) is 3.54. The maximum atomic E-state index is 14.6. The van der Waals surface area contributed by atoms with E-state index in [0.29, 0.717) is 25.7 Å². The van der Waals surface area contributed by atoms with Crippen LogP contribution in [0.25, 0.3) is 0 Å². The largest absolute Gasteiger partial charge is 0.442 e. The first-order valence-corrected chi connectivity index (χ1v) is 8.74. The van der Waals surface area contributed by atoms with Gasteiger partial charge in [-0.2, -0.15) is 0 Å². The molecule has 2 amide bonds. The fraction of sp³-hybridized carbons (Fsp3) is 0.556. The number of carbonyl (C=O) groups excluding carboxylic acids is 2. The number of aliphatic hydroxyl groups excluding tert-OH is 1. The van der Waals surface area contributed by atoms with E-state index < -0.39 is 23.8 Å². The number of ether oxygens (including phenoxy) is 1. The van der Waals surface area contributed by atoms with Gasteiger partial charge in [0.15, 0.2) is 0 Å². The number of benzene rings is 1. The highest BCUT2D eigenvalue weighted by Gasteiger charge is 2.35. The molecule has 2 N–H and O–H groups in total. The summed E-state index contributed by atoms with van der Waals surface area (Å²) in [7, 11) is 0. The van der Waals surface area contributed by atoms with E-state index in [4.69, 9.17) is 4.74 Å². The predicted octanol–water partition coefficient (Wildman–Crippen LogP) is 2.44. The number of nitrogens with zero attached hydrogens (tertiary/aromatic N) is 1. The second-order valence-corrected chi connectivity index (χ2v) is 6.88. The standard InChI is InChI=1S/C18H22F2N2O4/c1-10(23)21-8-13-9-22(18(25)26-13)17-7-15(19)14(6-16(17)20)11-2-4-12(24)5-3-11/h6-7,11-13,24H,2-5,8-9H2,1H3,(H,21,23)/t11?,12?,13-/m0/s1. The number of amides is 2. The van der Waals surface area contributed by atoms with Crippen molar-refractivity contribution in [1.82, 2.24) is 5.32 Å². The van der Waals surface area contributed by atoms with Crippen LogP contribution in [0.2, 0.25) is 0 Å². The molecular weight excluding hydrogens is 346 g/mol. The minimum absolute atomic E-state index is 0.0322. The zero-order valence-corrected chi connectivity index (χ0v) is 14.5. The molecule has 0 bridgehead atoms. The van der Waals surface area contributed by atoms with Crippen LogP contribution >= 0.6 is 0 Å². The number of cyclic esters (lactones) is 1. The highest BCUT2D eigenvalue weighted by Crippen LogP contribution is 2.37. The second-order valence-electron chi connectivity index (χ2n) is 6.88. The van der Waals surface area contributed by atoms with Crippen molar-refractivity contribution in [2.75, 3.05) is 18.0 Å². The Morgan fingerprint density at radius 2 is 1.96 bits per heavy atom. The second kappa shape index (κ2) is 7.57. The van der Waals surface area contributed by atoms with Crippen molar-refractivity contribution in [3.05, 3.63) is 29.3 Å². The molecule has 0 spiro atoms. The lowest BCUT2D eigenvalue weighted by Gasteiger charge is -2.26. The third kappa shape index (κ3) is 3.95. The first kappa shape index (κ1) is 18.6. The quantitative estimate of drug-likeness (QED) is 0.856. The van der Waals surface area contributed by atoms with Crippen LogP contribution in [0, 0.1) is 11.6 Å². The molecule has 1 saturated heterocycles. The van der Waals surface area contributed by atoms with Crippen molar-refractivity contribution >= 4 is 17.7 Å². The lowest BCUT2D eigenvalue weighted by Crippen LogP contribution is -2.33. The highest BCUT2D eigenvalue weighted by molar-refractivity contribution is 5.90. The maximum Gasteiger partial charge on any atom is 0.414 e. The fourth-order valence-electron chi connectivity index (χ4n) is 3.54. The van der Waals surface area contributed by atoms with Gasteiger partial charge in [-0.1, -0.05) is 0 Å². The van der Waals surface area contributed by atoms with E-state index in [2.05, 4.69) is 5.32 Å². The smallest absolute Gasteiger partial charge is 0.414 e. The summed E-state index contributed by atoms with van der Waals surface area (Å²) >= 11 is 0. The summed E-state index contributed by atoms with van der Waals surface area (Å²) in [4.78, 5) is 24.0. The Labute approximate surface area is 150 Å². The third-order valence-electron chi connectivity index (χ3n) is 4.95. The molecule has 0 unspecified atom stereocenters. The molecule has 1 aliphatic carbocycles. The van der Waals surface area contributed by atoms with Crippen molar-refractivity contribution in [3.8, 4) is 0 Å². The van der Waals surface area contributed by atoms with Gasteiger partial charge in [-0.25, -0.2) is 13.6 Å². The van der Waals surface area contributed by atoms with Gasteiger partial charge >= 0.3 is 6.09 Å². The van der Waals surface area contributed by atoms with Crippen LogP contribution in [-0.4, -0.2) is 42.4 Å². The van der Waals surface area contributed by atoms with Crippen molar-refractivity contribution in [2.24, 2.45) is 0 Å². The Hall–Kier alpha value is -2.22. The van der Waals surface area contributed by atoms with E-state index in [1.54, 1.807) is 0 Å². The van der Waals surface area contributed by atoms with Crippen LogP contribution in [0.5, 0.6) is 0 Å². The summed E-state index contributed by atoms with van der Waals surface area (Å²) in [5.74, 6) is -1.66. The Morgan fingerprint density at radius 1 is 1.27 bits per heavy atom. The lowest BCUT2D eigenvalue weighted by atomic mass is 9.82. The number of carbonyl (C=O) groups is 2. The van der Waals surface area contributed by atoms with Gasteiger partial charge in [-0.15, -0.1) is 0 Å². The Morgan fingerprint density at radius 3 is 2.62 bits per heavy atom. The molecular formula is C18H22F2N2O4. The zero-order valence-electron chi connectivity index (χ0n) is 14.5. The average Bonchev–Trinajstić information content (AvgIpc) is 2.96. The van der Waals surface area contributed by atoms with Crippen molar-refractivity contribution < 1.29 is 28.2 Å². The Balaban J connectivity index is 1.75. The highest BCUT2D eigenvalue weighted by atomic mass is 19.1. The van der Waals surface area contributed by atoms with Crippen molar-refractivity contribution in [3.63, 3.8) is 0 Å². The van der Waals surface area contributed by atoms with Gasteiger partial charge in [-0.3, -0.25) is 9.69 Å². The molecule has 3 rings (SSSR count). The number of aliphatic hydroxyl groups is 1. The number of rotatable bonds is 4. The van der Waals surface area contributed by atoms with Crippen LogP contribution in [-0.2, 0) is 9.53 Å². The van der Waals surface area contributed by atoms with Crippen molar-refractivity contribution in [1.29, 1.82) is 0 Å². The molecule has 1 heterocycles. The van der Waals surface area contributed by atoms with E-state index >= 15 is 0 Å². The van der Waals surface area contributed by atoms with Gasteiger partial charge < -0.3 is 15.2 Å². The predicted molar refractivity (Wildman–Crippen MR) is 89.9 cm³/mol. The van der Waals surface area contributed by atoms with Crippen LogP contribution < -0.4 is 10.2 Å². The summed E-state index contributed by atoms with van der Waals surface area (Å²) in [5, 5.41) is 12.1. The van der Waals surface area contributed by atoms with E-state index in [-0.39, 0.29) is 42.3 Å². The van der Waals surface area contributed by atoms with Gasteiger partial charge in [0.1, 0.15) is 17.7 Å². The van der Waals surface area contributed by atoms with E-state index in [1.165, 1.54) is 6.92 Å². The molecule has 1 aromatic rings. The molecule has 6 nitrogen and oxygen atoms in total. The summed E-state index contributed by atoms with van der Waals surface area (Å²) in [6, 6.07) is 2.17. The molecule has 1 saturated carbocycles. The number of anilines is 1. The number of halogens is 2. The molecule has 0 aromatic heterocycles. The molecule has 26 heavy (non-hydrogen) atoms. The van der Waals surface area contributed by atoms with E-state index in [1.807, 2.05) is 0 Å². The summed E-state index contributed by atoms with van der Waals surface area (Å²) in [6.07, 6.45) is 0.565. The van der Waals surface area contributed by atoms with Gasteiger partial charge in [0.05, 0.1) is 24.9 Å². The van der Waals surface area contributed by atoms with Crippen molar-refractivity contribution in [2.45, 2.75) is 50.7 Å². The minimum Gasteiger partial charge on any atom is -0.442 e. The normalized spacial score (nSPS) is 25.9. The molecule has 142 valence electrons. The Kier molecular flexibility index (Phi) is 5.41. The molecule has 2 fully saturated rings. The Bertz CT molecular complexity index is 705. The zero-order chi connectivity index (χ0) is 18.8. The topological polar surface area (TPSA) is 78.9 Å². The van der Waals surface area contributed by atoms with Crippen LogP contribution in [0.4, 0.5) is 19.3 Å². The number of nitrogens with one attached hydrogen (secondary N) is 1. The number of hydrogen-bond donors (Lipinski definition) is 2. The van der Waals surface area contributed by atoms with Gasteiger partial charge in [0.2, 0.25) is 5.91 Å². The van der Waals surface area contributed by atoms with E-state index in [9.17, 15) is 23.5 Å².